The van der Waals surface area contributed by atoms with Crippen LogP contribution in [0, 0.1) is 0 Å². The molecule has 116 valence electrons. The van der Waals surface area contributed by atoms with Crippen molar-refractivity contribution in [2.75, 3.05) is 0 Å². The number of hydrogen-bond donors (Lipinski definition) is 0. The van der Waals surface area contributed by atoms with Crippen LogP contribution in [0.5, 0.6) is 0 Å². The second-order valence-corrected chi connectivity index (χ2v) is 5.86. The number of benzene rings is 3. The molecule has 0 saturated carbocycles. The highest BCUT2D eigenvalue weighted by atomic mass is 35.5. The van der Waals surface area contributed by atoms with Crippen LogP contribution in [-0.4, -0.2) is 4.98 Å². The number of imidazole rings is 1. The van der Waals surface area contributed by atoms with E-state index in [-0.39, 0.29) is 0 Å². The summed E-state index contributed by atoms with van der Waals surface area (Å²) in [6.07, 6.45) is 0. The highest BCUT2D eigenvalue weighted by Crippen LogP contribution is 2.34. The van der Waals surface area contributed by atoms with E-state index in [9.17, 15) is 0 Å². The maximum atomic E-state index is 6.33. The molecule has 1 aromatic heterocycles. The van der Waals surface area contributed by atoms with Crippen LogP contribution in [0.4, 0.5) is 0 Å². The number of aromatic nitrogens is 2. The maximum Gasteiger partial charge on any atom is 0.0477 e. The van der Waals surface area contributed by atoms with Crippen LogP contribution in [0.3, 0.4) is 0 Å². The quantitative estimate of drug-likeness (QED) is 0.482. The summed E-state index contributed by atoms with van der Waals surface area (Å²) in [5, 5.41) is 0.654. The standard InChI is InChI=1S/C21H14ClN2/c22-18-14-8-7-13-17(18)21-23-19(15-9-3-1-4-10-15)20(24-21)16-11-5-2-6-12-16/h1-14H/q-1. The van der Waals surface area contributed by atoms with Gasteiger partial charge in [-0.1, -0.05) is 90.5 Å². The molecule has 4 rings (SSSR count). The van der Waals surface area contributed by atoms with Gasteiger partial charge in [-0.3, -0.25) is 0 Å². The zero-order chi connectivity index (χ0) is 16.4. The van der Waals surface area contributed by atoms with Gasteiger partial charge in [-0.05, 0) is 40.0 Å². The molecule has 0 bridgehead atoms. The van der Waals surface area contributed by atoms with E-state index in [1.165, 1.54) is 0 Å². The smallest absolute Gasteiger partial charge is 0.0477 e. The van der Waals surface area contributed by atoms with E-state index in [2.05, 4.69) is 0 Å². The van der Waals surface area contributed by atoms with Crippen LogP contribution in [0.2, 0.25) is 5.02 Å². The van der Waals surface area contributed by atoms with Crippen LogP contribution < -0.4 is 4.98 Å². The molecule has 0 atom stereocenters. The first-order valence-corrected chi connectivity index (χ1v) is 8.11. The van der Waals surface area contributed by atoms with Crippen LogP contribution in [-0.2, 0) is 0 Å². The van der Waals surface area contributed by atoms with Gasteiger partial charge in [0.2, 0.25) is 0 Å². The van der Waals surface area contributed by atoms with Crippen LogP contribution in [0.15, 0.2) is 84.9 Å². The van der Waals surface area contributed by atoms with E-state index >= 15 is 0 Å². The fourth-order valence-corrected chi connectivity index (χ4v) is 2.92. The van der Waals surface area contributed by atoms with E-state index in [4.69, 9.17) is 21.6 Å². The monoisotopic (exact) mass is 329 g/mol. The Balaban J connectivity index is 1.94. The van der Waals surface area contributed by atoms with Gasteiger partial charge in [0, 0.05) is 5.02 Å². The van der Waals surface area contributed by atoms with Crippen molar-refractivity contribution in [1.29, 1.82) is 0 Å². The third-order valence-corrected chi connectivity index (χ3v) is 4.20. The molecule has 4 aromatic rings. The molecule has 0 saturated heterocycles. The topological polar surface area (TPSA) is 27.0 Å². The molecule has 1 heterocycles. The van der Waals surface area contributed by atoms with Crippen LogP contribution in [0.25, 0.3) is 33.9 Å². The van der Waals surface area contributed by atoms with Crippen LogP contribution >= 0.6 is 11.6 Å². The van der Waals surface area contributed by atoms with E-state index in [0.717, 1.165) is 28.1 Å². The number of rotatable bonds is 3. The first kappa shape index (κ1) is 14.7. The summed E-state index contributed by atoms with van der Waals surface area (Å²) >= 11 is 6.33. The van der Waals surface area contributed by atoms with Gasteiger partial charge in [0.25, 0.3) is 0 Å². The highest BCUT2D eigenvalue weighted by Gasteiger charge is 2.07. The summed E-state index contributed by atoms with van der Waals surface area (Å²) in [5.74, 6) is 0.651. The fraction of sp³-hybridized carbons (Fsp3) is 0. The molecule has 3 aromatic carbocycles. The van der Waals surface area contributed by atoms with Gasteiger partial charge in [0.15, 0.2) is 0 Å². The van der Waals surface area contributed by atoms with Crippen molar-refractivity contribution >= 4 is 11.6 Å². The van der Waals surface area contributed by atoms with Crippen molar-refractivity contribution in [3.8, 4) is 33.9 Å². The third-order valence-electron chi connectivity index (χ3n) is 3.87. The number of nitrogens with zero attached hydrogens (tertiary/aromatic N) is 2. The Morgan fingerprint density at radius 3 is 1.92 bits per heavy atom. The van der Waals surface area contributed by atoms with Crippen molar-refractivity contribution < 1.29 is 0 Å². The van der Waals surface area contributed by atoms with Gasteiger partial charge in [-0.2, -0.15) is 0 Å². The Hall–Kier alpha value is -2.84. The first-order chi connectivity index (χ1) is 11.8. The molecule has 0 spiro atoms. The molecular formula is C21H14ClN2-. The summed E-state index contributed by atoms with van der Waals surface area (Å²) in [7, 11) is 0. The lowest BCUT2D eigenvalue weighted by atomic mass is 10.1. The lowest BCUT2D eigenvalue weighted by Gasteiger charge is -2.08. The average Bonchev–Trinajstić information content (AvgIpc) is 3.09. The highest BCUT2D eigenvalue weighted by molar-refractivity contribution is 6.33. The SMILES string of the molecule is Clc1ccccc1-c1nc(-c2ccccc2)c(-c2ccccc2)[n-]1. The Morgan fingerprint density at radius 2 is 1.25 bits per heavy atom. The minimum absolute atomic E-state index is 0.651. The largest absolute Gasteiger partial charge is 0.435 e. The van der Waals surface area contributed by atoms with Crippen molar-refractivity contribution in [1.82, 2.24) is 9.97 Å². The van der Waals surface area contributed by atoms with Crippen molar-refractivity contribution in [3.63, 3.8) is 0 Å². The molecular weight excluding hydrogens is 316 g/mol. The molecule has 0 unspecified atom stereocenters. The van der Waals surface area contributed by atoms with Crippen molar-refractivity contribution in [3.05, 3.63) is 90.0 Å². The number of hydrogen-bond acceptors (Lipinski definition) is 1. The third kappa shape index (κ3) is 2.72. The Morgan fingerprint density at radius 1 is 0.667 bits per heavy atom. The normalized spacial score (nSPS) is 10.7. The fourth-order valence-electron chi connectivity index (χ4n) is 2.70. The number of halogens is 1. The minimum atomic E-state index is 0.651. The van der Waals surface area contributed by atoms with Gasteiger partial charge >= 0.3 is 0 Å². The van der Waals surface area contributed by atoms with Crippen LogP contribution in [0.1, 0.15) is 0 Å². The summed E-state index contributed by atoms with van der Waals surface area (Å²) in [5.41, 5.74) is 4.68. The second kappa shape index (κ2) is 6.34. The summed E-state index contributed by atoms with van der Waals surface area (Å²) in [6.45, 7) is 0. The molecule has 2 nitrogen and oxygen atoms in total. The lowest BCUT2D eigenvalue weighted by Crippen LogP contribution is -1.85. The van der Waals surface area contributed by atoms with E-state index in [0.29, 0.717) is 10.8 Å². The molecule has 0 N–H and O–H groups in total. The zero-order valence-electron chi connectivity index (χ0n) is 12.9. The summed E-state index contributed by atoms with van der Waals surface area (Å²) in [6, 6.07) is 27.9. The minimum Gasteiger partial charge on any atom is -0.435 e. The Labute approximate surface area is 145 Å². The van der Waals surface area contributed by atoms with E-state index in [1.54, 1.807) is 0 Å². The van der Waals surface area contributed by atoms with Gasteiger partial charge in [-0.15, -0.1) is 0 Å². The summed E-state index contributed by atoms with van der Waals surface area (Å²) in [4.78, 5) is 9.58. The molecule has 0 radical (unpaired) electrons. The lowest BCUT2D eigenvalue weighted by molar-refractivity contribution is 1.29. The molecule has 0 aliphatic rings. The molecule has 24 heavy (non-hydrogen) atoms. The zero-order valence-corrected chi connectivity index (χ0v) is 13.6. The van der Waals surface area contributed by atoms with Gasteiger partial charge in [0.1, 0.15) is 0 Å². The molecule has 3 heteroatoms. The predicted octanol–water partition coefficient (Wildman–Crippen LogP) is 5.69. The van der Waals surface area contributed by atoms with E-state index < -0.39 is 0 Å². The summed E-state index contributed by atoms with van der Waals surface area (Å²) < 4.78 is 0. The van der Waals surface area contributed by atoms with Gasteiger partial charge in [-0.25, -0.2) is 0 Å². The first-order valence-electron chi connectivity index (χ1n) is 7.73. The second-order valence-electron chi connectivity index (χ2n) is 5.46. The van der Waals surface area contributed by atoms with E-state index in [1.807, 2.05) is 84.9 Å². The molecule has 0 aliphatic heterocycles. The Kier molecular flexibility index (Phi) is 3.89. The average molecular weight is 330 g/mol. The van der Waals surface area contributed by atoms with Crippen molar-refractivity contribution in [2.24, 2.45) is 0 Å². The molecule has 0 amide bonds. The molecule has 0 aliphatic carbocycles. The Bertz CT molecular complexity index is 903. The maximum absolute atomic E-state index is 6.33. The van der Waals surface area contributed by atoms with Gasteiger partial charge < -0.3 is 9.97 Å². The van der Waals surface area contributed by atoms with Gasteiger partial charge in [0.05, 0.1) is 0 Å². The van der Waals surface area contributed by atoms with Crippen molar-refractivity contribution in [2.45, 2.75) is 0 Å². The predicted molar refractivity (Wildman–Crippen MR) is 98.9 cm³/mol. The molecule has 0 fully saturated rings.